The van der Waals surface area contributed by atoms with Crippen molar-refractivity contribution in [2.75, 3.05) is 0 Å². The minimum Gasteiger partial charge on any atom is -0.480 e. The van der Waals surface area contributed by atoms with Crippen molar-refractivity contribution < 1.29 is 24.3 Å². The third-order valence-electron chi connectivity index (χ3n) is 2.70. The smallest absolute Gasteiger partial charge is 0.326 e. The van der Waals surface area contributed by atoms with Gasteiger partial charge in [-0.15, -0.1) is 0 Å². The second kappa shape index (κ2) is 7.72. The molecule has 22 heavy (non-hydrogen) atoms. The van der Waals surface area contributed by atoms with Gasteiger partial charge in [-0.3, -0.25) is 19.4 Å². The lowest BCUT2D eigenvalue weighted by Crippen LogP contribution is -2.51. The Balaban J connectivity index is 2.62. The van der Waals surface area contributed by atoms with Crippen molar-refractivity contribution in [1.29, 1.82) is 0 Å². The fraction of sp³-hybridized carbons (Fsp3) is 0.308. The molecule has 2 unspecified atom stereocenters. The van der Waals surface area contributed by atoms with Gasteiger partial charge in [0.2, 0.25) is 11.8 Å². The molecule has 0 bridgehead atoms. The van der Waals surface area contributed by atoms with E-state index < -0.39 is 42.2 Å². The number of hydrogen-bond donors (Lipinski definition) is 4. The molecule has 0 aliphatic rings. The normalized spacial score (nSPS) is 12.8. The molecule has 0 saturated carbocycles. The molecule has 1 heterocycles. The number of carboxylic acids is 1. The molecule has 0 saturated heterocycles. The SMILES string of the molecule is CC(NC(=O)c1ccncc1)C(=O)NC(CC(N)=O)C(=O)O. The Morgan fingerprint density at radius 1 is 1.23 bits per heavy atom. The van der Waals surface area contributed by atoms with Crippen LogP contribution in [0.5, 0.6) is 0 Å². The van der Waals surface area contributed by atoms with Gasteiger partial charge in [-0.05, 0) is 19.1 Å². The number of nitrogens with two attached hydrogens (primary N) is 1. The highest BCUT2D eigenvalue weighted by molar-refractivity contribution is 5.98. The zero-order valence-electron chi connectivity index (χ0n) is 11.8. The molecule has 2 atom stereocenters. The number of carboxylic acid groups (broad SMARTS) is 1. The maximum absolute atomic E-state index is 11.9. The molecular formula is C13H16N4O5. The Hall–Kier alpha value is -2.97. The van der Waals surface area contributed by atoms with E-state index in [0.717, 1.165) is 0 Å². The minimum absolute atomic E-state index is 0.307. The van der Waals surface area contributed by atoms with E-state index in [1.54, 1.807) is 0 Å². The van der Waals surface area contributed by atoms with Crippen LogP contribution < -0.4 is 16.4 Å². The van der Waals surface area contributed by atoms with Crippen LogP contribution >= 0.6 is 0 Å². The zero-order valence-corrected chi connectivity index (χ0v) is 11.8. The summed E-state index contributed by atoms with van der Waals surface area (Å²) < 4.78 is 0. The summed E-state index contributed by atoms with van der Waals surface area (Å²) in [5.74, 6) is -3.50. The molecule has 118 valence electrons. The largest absolute Gasteiger partial charge is 0.480 e. The van der Waals surface area contributed by atoms with E-state index in [9.17, 15) is 19.2 Å². The van der Waals surface area contributed by atoms with Crippen molar-refractivity contribution in [2.24, 2.45) is 5.73 Å². The lowest BCUT2D eigenvalue weighted by atomic mass is 10.1. The van der Waals surface area contributed by atoms with Gasteiger partial charge in [0.1, 0.15) is 12.1 Å². The van der Waals surface area contributed by atoms with E-state index in [2.05, 4.69) is 15.6 Å². The fourth-order valence-corrected chi connectivity index (χ4v) is 1.55. The van der Waals surface area contributed by atoms with E-state index in [0.29, 0.717) is 5.56 Å². The van der Waals surface area contributed by atoms with Crippen molar-refractivity contribution in [3.05, 3.63) is 30.1 Å². The number of carbonyl (C=O) groups excluding carboxylic acids is 3. The minimum atomic E-state index is -1.44. The van der Waals surface area contributed by atoms with Crippen LogP contribution in [0.3, 0.4) is 0 Å². The van der Waals surface area contributed by atoms with Gasteiger partial charge in [-0.2, -0.15) is 0 Å². The van der Waals surface area contributed by atoms with Crippen molar-refractivity contribution in [3.8, 4) is 0 Å². The quantitative estimate of drug-likeness (QED) is 0.488. The van der Waals surface area contributed by atoms with Gasteiger partial charge in [-0.25, -0.2) is 4.79 Å². The predicted octanol–water partition coefficient (Wildman–Crippen LogP) is -1.36. The number of nitrogens with one attached hydrogen (secondary N) is 2. The number of carbonyl (C=O) groups is 4. The molecule has 0 aliphatic carbocycles. The van der Waals surface area contributed by atoms with Crippen molar-refractivity contribution in [1.82, 2.24) is 15.6 Å². The molecule has 9 heteroatoms. The maximum Gasteiger partial charge on any atom is 0.326 e. The Bertz CT molecular complexity index is 575. The number of hydrogen-bond acceptors (Lipinski definition) is 5. The van der Waals surface area contributed by atoms with Gasteiger partial charge < -0.3 is 21.5 Å². The van der Waals surface area contributed by atoms with E-state index in [1.807, 2.05) is 0 Å². The summed E-state index contributed by atoms with van der Waals surface area (Å²) in [5, 5.41) is 13.4. The second-order valence-electron chi connectivity index (χ2n) is 4.50. The van der Waals surface area contributed by atoms with Crippen LogP contribution in [0.2, 0.25) is 0 Å². The summed E-state index contributed by atoms with van der Waals surface area (Å²) in [5.41, 5.74) is 5.22. The average molecular weight is 308 g/mol. The first-order valence-electron chi connectivity index (χ1n) is 6.33. The Labute approximate surface area is 125 Å². The number of pyridine rings is 1. The highest BCUT2D eigenvalue weighted by Crippen LogP contribution is 1.98. The van der Waals surface area contributed by atoms with E-state index in [4.69, 9.17) is 10.8 Å². The summed E-state index contributed by atoms with van der Waals surface area (Å²) >= 11 is 0. The molecule has 0 radical (unpaired) electrons. The molecule has 3 amide bonds. The molecule has 9 nitrogen and oxygen atoms in total. The highest BCUT2D eigenvalue weighted by Gasteiger charge is 2.25. The molecule has 1 aromatic rings. The summed E-state index contributed by atoms with van der Waals surface area (Å²) in [7, 11) is 0. The molecule has 1 rings (SSSR count). The van der Waals surface area contributed by atoms with Crippen molar-refractivity contribution in [3.63, 3.8) is 0 Å². The summed E-state index contributed by atoms with van der Waals surface area (Å²) in [4.78, 5) is 49.1. The maximum atomic E-state index is 11.9. The van der Waals surface area contributed by atoms with Crippen LogP contribution in [-0.2, 0) is 14.4 Å². The van der Waals surface area contributed by atoms with Crippen LogP contribution in [0, 0.1) is 0 Å². The van der Waals surface area contributed by atoms with E-state index >= 15 is 0 Å². The van der Waals surface area contributed by atoms with E-state index in [-0.39, 0.29) is 0 Å². The fourth-order valence-electron chi connectivity index (χ4n) is 1.55. The number of aliphatic carboxylic acids is 1. The number of aromatic nitrogens is 1. The number of amides is 3. The second-order valence-corrected chi connectivity index (χ2v) is 4.50. The van der Waals surface area contributed by atoms with Crippen molar-refractivity contribution in [2.45, 2.75) is 25.4 Å². The number of nitrogens with zero attached hydrogens (tertiary/aromatic N) is 1. The molecule has 0 aromatic carbocycles. The highest BCUT2D eigenvalue weighted by atomic mass is 16.4. The van der Waals surface area contributed by atoms with Crippen LogP contribution in [0.25, 0.3) is 0 Å². The topological polar surface area (TPSA) is 151 Å². The van der Waals surface area contributed by atoms with Gasteiger partial charge in [0.15, 0.2) is 0 Å². The zero-order chi connectivity index (χ0) is 16.7. The first-order valence-corrected chi connectivity index (χ1v) is 6.33. The van der Waals surface area contributed by atoms with Crippen LogP contribution in [0.1, 0.15) is 23.7 Å². The standard InChI is InChI=1S/C13H16N4O5/c1-7(16-12(20)8-2-4-15-5-3-8)11(19)17-9(13(21)22)6-10(14)18/h2-5,7,9H,6H2,1H3,(H2,14,18)(H,16,20)(H,17,19)(H,21,22). The average Bonchev–Trinajstić information content (AvgIpc) is 2.46. The number of primary amides is 1. The number of rotatable bonds is 7. The van der Waals surface area contributed by atoms with Gasteiger partial charge >= 0.3 is 5.97 Å². The Kier molecular flexibility index (Phi) is 5.99. The third kappa shape index (κ3) is 5.19. The van der Waals surface area contributed by atoms with Gasteiger partial charge in [-0.1, -0.05) is 0 Å². The molecule has 1 aromatic heterocycles. The first kappa shape index (κ1) is 17.1. The third-order valence-corrected chi connectivity index (χ3v) is 2.70. The lowest BCUT2D eigenvalue weighted by molar-refractivity contribution is -0.143. The summed E-state index contributed by atoms with van der Waals surface area (Å²) in [6.45, 7) is 1.39. The van der Waals surface area contributed by atoms with Crippen molar-refractivity contribution >= 4 is 23.7 Å². The van der Waals surface area contributed by atoms with Crippen LogP contribution in [0.4, 0.5) is 0 Å². The first-order chi connectivity index (χ1) is 10.3. The monoisotopic (exact) mass is 308 g/mol. The van der Waals surface area contributed by atoms with Gasteiger partial charge in [0, 0.05) is 18.0 Å². The molecule has 0 fully saturated rings. The molecule has 0 aliphatic heterocycles. The summed E-state index contributed by atoms with van der Waals surface area (Å²) in [6, 6.07) is 0.501. The Morgan fingerprint density at radius 3 is 2.32 bits per heavy atom. The van der Waals surface area contributed by atoms with Gasteiger partial charge in [0.25, 0.3) is 5.91 Å². The molecule has 0 spiro atoms. The van der Waals surface area contributed by atoms with Gasteiger partial charge in [0.05, 0.1) is 6.42 Å². The van der Waals surface area contributed by atoms with Crippen LogP contribution in [-0.4, -0.2) is 45.9 Å². The molecule has 5 N–H and O–H groups in total. The summed E-state index contributed by atoms with van der Waals surface area (Å²) in [6.07, 6.45) is 2.31. The van der Waals surface area contributed by atoms with Crippen LogP contribution in [0.15, 0.2) is 24.5 Å². The molecular weight excluding hydrogens is 292 g/mol. The van der Waals surface area contributed by atoms with E-state index in [1.165, 1.54) is 31.5 Å². The Morgan fingerprint density at radius 2 is 1.82 bits per heavy atom. The predicted molar refractivity (Wildman–Crippen MR) is 74.5 cm³/mol. The lowest BCUT2D eigenvalue weighted by Gasteiger charge is -2.17.